The minimum Gasteiger partial charge on any atom is -0.508 e. The summed E-state index contributed by atoms with van der Waals surface area (Å²) in [6, 6.07) is 5.41. The molecule has 0 radical (unpaired) electrons. The van der Waals surface area contributed by atoms with Gasteiger partial charge >= 0.3 is 0 Å². The Morgan fingerprint density at radius 3 is 2.93 bits per heavy atom. The highest BCUT2D eigenvalue weighted by molar-refractivity contribution is 5.43. The summed E-state index contributed by atoms with van der Waals surface area (Å²) in [5.41, 5.74) is 1.82. The Morgan fingerprint density at radius 1 is 1.43 bits per heavy atom. The summed E-state index contributed by atoms with van der Waals surface area (Å²) >= 11 is 0. The van der Waals surface area contributed by atoms with E-state index in [-0.39, 0.29) is 11.9 Å². The molecule has 14 heavy (non-hydrogen) atoms. The summed E-state index contributed by atoms with van der Waals surface area (Å²) in [5, 5.41) is 19.4. The van der Waals surface area contributed by atoms with Crippen LogP contribution in [-0.4, -0.2) is 23.4 Å². The second kappa shape index (κ2) is 3.59. The number of methoxy groups -OCH3 is 1. The van der Waals surface area contributed by atoms with E-state index < -0.39 is 6.10 Å². The number of ether oxygens (including phenoxy) is 1. The number of hydrogen-bond donors (Lipinski definition) is 2. The first-order valence-electron chi connectivity index (χ1n) is 4.75. The molecule has 0 unspecified atom stereocenters. The van der Waals surface area contributed by atoms with Gasteiger partial charge in [-0.3, -0.25) is 0 Å². The number of aliphatic hydroxyl groups is 1. The molecular formula is C11H14O3. The zero-order valence-electron chi connectivity index (χ0n) is 8.10. The van der Waals surface area contributed by atoms with Crippen LogP contribution in [0.1, 0.15) is 23.7 Å². The van der Waals surface area contributed by atoms with Crippen LogP contribution in [0.15, 0.2) is 18.2 Å². The molecule has 3 nitrogen and oxygen atoms in total. The van der Waals surface area contributed by atoms with Gasteiger partial charge in [0.05, 0.1) is 6.10 Å². The SMILES string of the molecule is CO[C@@H]1c2c(O)cccc2CC[C@@H]1O. The van der Waals surface area contributed by atoms with Crippen molar-refractivity contribution in [2.24, 2.45) is 0 Å². The Bertz CT molecular complexity index is 335. The van der Waals surface area contributed by atoms with Crippen molar-refractivity contribution >= 4 is 0 Å². The molecule has 0 amide bonds. The van der Waals surface area contributed by atoms with Crippen LogP contribution in [0.3, 0.4) is 0 Å². The predicted octanol–water partition coefficient (Wildman–Crippen LogP) is 1.39. The average molecular weight is 194 g/mol. The number of aryl methyl sites for hydroxylation is 1. The largest absolute Gasteiger partial charge is 0.508 e. The molecule has 0 saturated heterocycles. The number of rotatable bonds is 1. The third-order valence-corrected chi connectivity index (χ3v) is 2.77. The molecule has 76 valence electrons. The van der Waals surface area contributed by atoms with E-state index in [1.54, 1.807) is 13.2 Å². The first-order chi connectivity index (χ1) is 6.74. The number of fused-ring (bicyclic) bond motifs is 1. The quantitative estimate of drug-likeness (QED) is 0.710. The maximum Gasteiger partial charge on any atom is 0.121 e. The minimum atomic E-state index is -0.513. The number of aromatic hydroxyl groups is 1. The molecular weight excluding hydrogens is 180 g/mol. The summed E-state index contributed by atoms with van der Waals surface area (Å²) in [7, 11) is 1.55. The molecule has 0 spiro atoms. The summed E-state index contributed by atoms with van der Waals surface area (Å²) in [6.07, 6.45) is 0.584. The zero-order chi connectivity index (χ0) is 10.1. The third kappa shape index (κ3) is 1.38. The van der Waals surface area contributed by atoms with Crippen LogP contribution in [0.25, 0.3) is 0 Å². The number of benzene rings is 1. The van der Waals surface area contributed by atoms with Gasteiger partial charge in [0.2, 0.25) is 0 Å². The molecule has 0 aliphatic heterocycles. The first-order valence-corrected chi connectivity index (χ1v) is 4.75. The highest BCUT2D eigenvalue weighted by Gasteiger charge is 2.30. The third-order valence-electron chi connectivity index (χ3n) is 2.77. The summed E-state index contributed by atoms with van der Waals surface area (Å²) in [4.78, 5) is 0. The van der Waals surface area contributed by atoms with Crippen LogP contribution in [0.4, 0.5) is 0 Å². The maximum atomic E-state index is 9.70. The maximum absolute atomic E-state index is 9.70. The molecule has 1 aliphatic carbocycles. The molecule has 0 bridgehead atoms. The fourth-order valence-electron chi connectivity index (χ4n) is 2.07. The van der Waals surface area contributed by atoms with Gasteiger partial charge in [-0.25, -0.2) is 0 Å². The number of hydrogen-bond acceptors (Lipinski definition) is 3. The second-order valence-electron chi connectivity index (χ2n) is 3.61. The van der Waals surface area contributed by atoms with E-state index >= 15 is 0 Å². The lowest BCUT2D eigenvalue weighted by Crippen LogP contribution is -2.26. The average Bonchev–Trinajstić information content (AvgIpc) is 2.19. The van der Waals surface area contributed by atoms with E-state index in [0.29, 0.717) is 6.42 Å². The molecule has 0 heterocycles. The van der Waals surface area contributed by atoms with Crippen molar-refractivity contribution in [1.82, 2.24) is 0 Å². The highest BCUT2D eigenvalue weighted by Crippen LogP contribution is 2.37. The van der Waals surface area contributed by atoms with Crippen LogP contribution in [0.5, 0.6) is 5.75 Å². The second-order valence-corrected chi connectivity index (χ2v) is 3.61. The fourth-order valence-corrected chi connectivity index (χ4v) is 2.07. The molecule has 1 aromatic carbocycles. The number of phenols is 1. The minimum absolute atomic E-state index is 0.216. The van der Waals surface area contributed by atoms with E-state index in [4.69, 9.17) is 4.74 Å². The van der Waals surface area contributed by atoms with Crippen molar-refractivity contribution in [3.05, 3.63) is 29.3 Å². The van der Waals surface area contributed by atoms with Crippen LogP contribution in [-0.2, 0) is 11.2 Å². The molecule has 1 aliphatic rings. The Labute approximate surface area is 83.0 Å². The monoisotopic (exact) mass is 194 g/mol. The van der Waals surface area contributed by atoms with Crippen molar-refractivity contribution in [3.63, 3.8) is 0 Å². The molecule has 2 N–H and O–H groups in total. The Balaban J connectivity index is 2.49. The normalized spacial score (nSPS) is 25.9. The lowest BCUT2D eigenvalue weighted by molar-refractivity contribution is -0.0246. The summed E-state index contributed by atoms with van der Waals surface area (Å²) < 4.78 is 5.20. The zero-order valence-corrected chi connectivity index (χ0v) is 8.10. The van der Waals surface area contributed by atoms with Gasteiger partial charge in [-0.1, -0.05) is 12.1 Å². The van der Waals surface area contributed by atoms with Gasteiger partial charge in [-0.15, -0.1) is 0 Å². The van der Waals surface area contributed by atoms with Gasteiger partial charge in [0.25, 0.3) is 0 Å². The van der Waals surface area contributed by atoms with Crippen LogP contribution in [0, 0.1) is 0 Å². The van der Waals surface area contributed by atoms with Crippen molar-refractivity contribution in [2.75, 3.05) is 7.11 Å². The lowest BCUT2D eigenvalue weighted by atomic mass is 9.87. The summed E-state index contributed by atoms with van der Waals surface area (Å²) in [6.45, 7) is 0. The number of phenolic OH excluding ortho intramolecular Hbond substituents is 1. The molecule has 0 saturated carbocycles. The highest BCUT2D eigenvalue weighted by atomic mass is 16.5. The van der Waals surface area contributed by atoms with Gasteiger partial charge in [0.1, 0.15) is 11.9 Å². The van der Waals surface area contributed by atoms with E-state index in [9.17, 15) is 10.2 Å². The Hall–Kier alpha value is -1.06. The van der Waals surface area contributed by atoms with Crippen molar-refractivity contribution in [2.45, 2.75) is 25.0 Å². The van der Waals surface area contributed by atoms with Gasteiger partial charge in [0.15, 0.2) is 0 Å². The van der Waals surface area contributed by atoms with E-state index in [0.717, 1.165) is 17.5 Å². The standard InChI is InChI=1S/C11H14O3/c1-14-11-9(13)6-5-7-3-2-4-8(12)10(7)11/h2-4,9,11-13H,5-6H2,1H3/t9-,11-/m0/s1. The van der Waals surface area contributed by atoms with Crippen LogP contribution < -0.4 is 0 Å². The topological polar surface area (TPSA) is 49.7 Å². The predicted molar refractivity (Wildman–Crippen MR) is 52.2 cm³/mol. The summed E-state index contributed by atoms with van der Waals surface area (Å²) in [5.74, 6) is 0.216. The van der Waals surface area contributed by atoms with Gasteiger partial charge in [0, 0.05) is 12.7 Å². The van der Waals surface area contributed by atoms with Gasteiger partial charge < -0.3 is 14.9 Å². The Morgan fingerprint density at radius 2 is 2.21 bits per heavy atom. The molecule has 2 atom stereocenters. The number of aliphatic hydroxyl groups excluding tert-OH is 1. The van der Waals surface area contributed by atoms with E-state index in [2.05, 4.69) is 0 Å². The van der Waals surface area contributed by atoms with Gasteiger partial charge in [-0.2, -0.15) is 0 Å². The van der Waals surface area contributed by atoms with Crippen molar-refractivity contribution in [1.29, 1.82) is 0 Å². The molecule has 3 heteroatoms. The molecule has 2 rings (SSSR count). The first kappa shape index (κ1) is 9.49. The van der Waals surface area contributed by atoms with Gasteiger partial charge in [-0.05, 0) is 24.5 Å². The molecule has 1 aromatic rings. The molecule has 0 fully saturated rings. The van der Waals surface area contributed by atoms with Crippen LogP contribution in [0.2, 0.25) is 0 Å². The fraction of sp³-hybridized carbons (Fsp3) is 0.455. The van der Waals surface area contributed by atoms with Crippen molar-refractivity contribution < 1.29 is 14.9 Å². The Kier molecular flexibility index (Phi) is 2.44. The van der Waals surface area contributed by atoms with E-state index in [1.807, 2.05) is 12.1 Å². The molecule has 0 aromatic heterocycles. The van der Waals surface area contributed by atoms with E-state index in [1.165, 1.54) is 0 Å². The smallest absolute Gasteiger partial charge is 0.121 e. The van der Waals surface area contributed by atoms with Crippen LogP contribution >= 0.6 is 0 Å². The van der Waals surface area contributed by atoms with Crippen molar-refractivity contribution in [3.8, 4) is 5.75 Å². The lowest BCUT2D eigenvalue weighted by Gasteiger charge is -2.29.